The third-order valence-corrected chi connectivity index (χ3v) is 6.30. The number of carbonyl (C=O) groups is 2. The highest BCUT2D eigenvalue weighted by molar-refractivity contribution is 7.85. The van der Waals surface area contributed by atoms with Gasteiger partial charge in [0, 0.05) is 18.8 Å². The number of piperidine rings is 1. The summed E-state index contributed by atoms with van der Waals surface area (Å²) in [6.45, 7) is 2.97. The van der Waals surface area contributed by atoms with Gasteiger partial charge < -0.3 is 16.0 Å². The van der Waals surface area contributed by atoms with Crippen LogP contribution >= 0.6 is 11.3 Å². The highest BCUT2D eigenvalue weighted by atomic mass is 32.2. The molecule has 11 heteroatoms. The molecule has 160 valence electrons. The molecule has 1 aliphatic heterocycles. The molecule has 9 nitrogen and oxygen atoms in total. The maximum atomic E-state index is 12.7. The van der Waals surface area contributed by atoms with E-state index in [0.29, 0.717) is 15.8 Å². The lowest BCUT2D eigenvalue weighted by Gasteiger charge is -2.27. The average molecular weight is 451 g/mol. The summed E-state index contributed by atoms with van der Waals surface area (Å²) in [5.41, 5.74) is 6.09. The molecule has 1 fully saturated rings. The van der Waals surface area contributed by atoms with Crippen LogP contribution in [0.4, 0.5) is 16.6 Å². The fourth-order valence-electron chi connectivity index (χ4n) is 3.13. The van der Waals surface area contributed by atoms with Crippen LogP contribution in [0.5, 0.6) is 0 Å². The highest BCUT2D eigenvalue weighted by Gasteiger charge is 2.21. The maximum absolute atomic E-state index is 12.7. The quantitative estimate of drug-likeness (QED) is 0.264. The van der Waals surface area contributed by atoms with Crippen LogP contribution in [0.2, 0.25) is 0 Å². The molecule has 1 saturated heterocycles. The predicted octanol–water partition coefficient (Wildman–Crippen LogP) is 2.57. The topological polar surface area (TPSA) is 143 Å². The van der Waals surface area contributed by atoms with Gasteiger partial charge in [-0.1, -0.05) is 11.3 Å². The van der Waals surface area contributed by atoms with Crippen LogP contribution in [0.25, 0.3) is 6.08 Å². The minimum atomic E-state index is -4.33. The second-order valence-corrected chi connectivity index (χ2v) is 9.34. The van der Waals surface area contributed by atoms with Crippen molar-refractivity contribution in [1.29, 1.82) is 0 Å². The van der Waals surface area contributed by atoms with Crippen molar-refractivity contribution in [3.63, 3.8) is 0 Å². The van der Waals surface area contributed by atoms with Crippen LogP contribution in [0, 0.1) is 0 Å². The zero-order valence-electron chi connectivity index (χ0n) is 16.3. The first-order valence-electron chi connectivity index (χ1n) is 9.28. The van der Waals surface area contributed by atoms with Crippen molar-refractivity contribution < 1.29 is 22.6 Å². The minimum absolute atomic E-state index is 0.0734. The van der Waals surface area contributed by atoms with Crippen molar-refractivity contribution in [3.05, 3.63) is 34.7 Å². The number of nitrogens with two attached hydrogens (primary N) is 1. The Morgan fingerprint density at radius 1 is 1.20 bits per heavy atom. The lowest BCUT2D eigenvalue weighted by Crippen LogP contribution is -2.30. The van der Waals surface area contributed by atoms with Gasteiger partial charge in [0.05, 0.1) is 15.3 Å². The number of amides is 1. The van der Waals surface area contributed by atoms with E-state index in [1.165, 1.54) is 36.5 Å². The number of benzene rings is 1. The number of nitrogens with zero attached hydrogens (tertiary/aromatic N) is 2. The molecule has 0 atom stereocenters. The summed E-state index contributed by atoms with van der Waals surface area (Å²) < 4.78 is 31.3. The second kappa shape index (κ2) is 8.94. The molecule has 30 heavy (non-hydrogen) atoms. The number of hydrogen-bond donors (Lipinski definition) is 3. The van der Waals surface area contributed by atoms with Gasteiger partial charge in [-0.25, -0.2) is 4.98 Å². The molecule has 0 unspecified atom stereocenters. The maximum Gasteiger partial charge on any atom is 0.294 e. The van der Waals surface area contributed by atoms with Gasteiger partial charge in [-0.2, -0.15) is 8.42 Å². The fourth-order valence-corrected chi connectivity index (χ4v) is 4.41. The van der Waals surface area contributed by atoms with E-state index in [2.05, 4.69) is 15.2 Å². The van der Waals surface area contributed by atoms with E-state index in [-0.39, 0.29) is 16.2 Å². The number of nitrogen functional groups attached to an aromatic ring is 1. The Kier molecular flexibility index (Phi) is 6.54. The van der Waals surface area contributed by atoms with Gasteiger partial charge in [-0.05, 0) is 56.5 Å². The number of ketones is 1. The van der Waals surface area contributed by atoms with Gasteiger partial charge >= 0.3 is 0 Å². The SMILES string of the molecule is CC(=O)C(=Cc1sc(N)nc1N1CCCCC1)C(=O)Nc1ccc(S(=O)(=O)O)cc1. The number of anilines is 3. The number of thiazole rings is 1. The Labute approximate surface area is 178 Å². The average Bonchev–Trinajstić information content (AvgIpc) is 3.06. The number of hydrogen-bond acceptors (Lipinski definition) is 8. The van der Waals surface area contributed by atoms with Gasteiger partial charge in [0.1, 0.15) is 5.82 Å². The van der Waals surface area contributed by atoms with Gasteiger partial charge in [0.25, 0.3) is 16.0 Å². The molecule has 0 radical (unpaired) electrons. The van der Waals surface area contributed by atoms with Crippen LogP contribution in [-0.2, 0) is 19.7 Å². The van der Waals surface area contributed by atoms with Crippen molar-refractivity contribution >= 4 is 55.9 Å². The van der Waals surface area contributed by atoms with Crippen LogP contribution < -0.4 is 16.0 Å². The highest BCUT2D eigenvalue weighted by Crippen LogP contribution is 2.32. The van der Waals surface area contributed by atoms with E-state index < -0.39 is 21.8 Å². The molecule has 1 aliphatic rings. The summed E-state index contributed by atoms with van der Waals surface area (Å²) in [7, 11) is -4.33. The van der Waals surface area contributed by atoms with E-state index in [1.807, 2.05) is 0 Å². The molecule has 3 rings (SSSR count). The van der Waals surface area contributed by atoms with Crippen molar-refractivity contribution in [2.45, 2.75) is 31.1 Å². The van der Waals surface area contributed by atoms with Crippen molar-refractivity contribution in [2.24, 2.45) is 0 Å². The smallest absolute Gasteiger partial charge is 0.294 e. The monoisotopic (exact) mass is 450 g/mol. The zero-order chi connectivity index (χ0) is 21.9. The number of carbonyl (C=O) groups excluding carboxylic acids is 2. The van der Waals surface area contributed by atoms with E-state index in [9.17, 15) is 18.0 Å². The molecule has 0 bridgehead atoms. The zero-order valence-corrected chi connectivity index (χ0v) is 17.9. The van der Waals surface area contributed by atoms with Crippen LogP contribution in [0.15, 0.2) is 34.7 Å². The molecular formula is C19H22N4O5S2. The first-order valence-corrected chi connectivity index (χ1v) is 11.5. The van der Waals surface area contributed by atoms with E-state index >= 15 is 0 Å². The third-order valence-electron chi connectivity index (χ3n) is 4.62. The minimum Gasteiger partial charge on any atom is -0.375 e. The van der Waals surface area contributed by atoms with Crippen LogP contribution in [0.3, 0.4) is 0 Å². The number of aromatic nitrogens is 1. The molecule has 2 aromatic rings. The second-order valence-electron chi connectivity index (χ2n) is 6.86. The van der Waals surface area contributed by atoms with Crippen molar-refractivity contribution in [2.75, 3.05) is 29.0 Å². The summed E-state index contributed by atoms with van der Waals surface area (Å²) in [6, 6.07) is 4.95. The molecule has 1 aromatic heterocycles. The number of nitrogens with one attached hydrogen (secondary N) is 1. The molecule has 2 heterocycles. The first-order chi connectivity index (χ1) is 14.1. The lowest BCUT2D eigenvalue weighted by molar-refractivity contribution is -0.118. The summed E-state index contributed by atoms with van der Waals surface area (Å²) in [4.78, 5) is 31.7. The molecular weight excluding hydrogens is 428 g/mol. The molecule has 4 N–H and O–H groups in total. The molecule has 1 aromatic carbocycles. The van der Waals surface area contributed by atoms with Gasteiger partial charge in [-0.15, -0.1) is 0 Å². The summed E-state index contributed by atoms with van der Waals surface area (Å²) >= 11 is 1.20. The standard InChI is InChI=1S/C19H22N4O5S2/c1-12(24)15(18(25)21-13-5-7-14(8-6-13)30(26,27)28)11-16-17(22-19(20)29-16)23-9-3-2-4-10-23/h5-8,11H,2-4,9-10H2,1H3,(H2,20,22)(H,21,25)(H,26,27,28). The molecule has 0 saturated carbocycles. The number of rotatable bonds is 6. The first kappa shape index (κ1) is 21.9. The Hall–Kier alpha value is -2.76. The number of Topliss-reactive ketones (excluding diaryl/α,β-unsaturated/α-hetero) is 1. The molecule has 0 spiro atoms. The van der Waals surface area contributed by atoms with Crippen molar-refractivity contribution in [3.8, 4) is 0 Å². The van der Waals surface area contributed by atoms with Gasteiger partial charge in [0.2, 0.25) is 0 Å². The lowest BCUT2D eigenvalue weighted by atomic mass is 10.1. The van der Waals surface area contributed by atoms with Crippen LogP contribution in [-0.4, -0.2) is 42.7 Å². The summed E-state index contributed by atoms with van der Waals surface area (Å²) in [5, 5.41) is 2.92. The van der Waals surface area contributed by atoms with E-state index in [4.69, 9.17) is 10.3 Å². The third kappa shape index (κ3) is 5.23. The van der Waals surface area contributed by atoms with E-state index in [1.54, 1.807) is 0 Å². The Balaban J connectivity index is 1.86. The summed E-state index contributed by atoms with van der Waals surface area (Å²) in [5.74, 6) is -0.404. The van der Waals surface area contributed by atoms with E-state index in [0.717, 1.165) is 44.5 Å². The van der Waals surface area contributed by atoms with Gasteiger partial charge in [0.15, 0.2) is 10.9 Å². The van der Waals surface area contributed by atoms with Gasteiger partial charge in [-0.3, -0.25) is 14.1 Å². The molecule has 0 aliphatic carbocycles. The Morgan fingerprint density at radius 2 is 1.83 bits per heavy atom. The Bertz CT molecular complexity index is 1080. The van der Waals surface area contributed by atoms with Crippen molar-refractivity contribution in [1.82, 2.24) is 4.98 Å². The summed E-state index contributed by atoms with van der Waals surface area (Å²) in [6.07, 6.45) is 4.72. The fraction of sp³-hybridized carbons (Fsp3) is 0.316. The largest absolute Gasteiger partial charge is 0.375 e. The molecule has 1 amide bonds. The Morgan fingerprint density at radius 3 is 2.40 bits per heavy atom. The van der Waals surface area contributed by atoms with Crippen LogP contribution in [0.1, 0.15) is 31.1 Å². The normalized spacial score (nSPS) is 15.1. The predicted molar refractivity (Wildman–Crippen MR) is 116 cm³/mol.